The summed E-state index contributed by atoms with van der Waals surface area (Å²) in [5.41, 5.74) is 0.242. The maximum absolute atomic E-state index is 12.8. The topological polar surface area (TPSA) is 94.9 Å². The molecule has 0 aromatic heterocycles. The zero-order chi connectivity index (χ0) is 16.5. The summed E-state index contributed by atoms with van der Waals surface area (Å²) in [6.07, 6.45) is 2.02. The van der Waals surface area contributed by atoms with Gasteiger partial charge < -0.3 is 10.2 Å². The number of hydrogen-bond donors (Lipinski definition) is 2. The van der Waals surface area contributed by atoms with Crippen LogP contribution in [0, 0.1) is 6.92 Å². The first kappa shape index (κ1) is 16.9. The number of aliphatic hydroxyl groups is 1. The fraction of sp³-hybridized carbons (Fsp3) is 0.533. The molecule has 1 aliphatic carbocycles. The second-order valence-corrected chi connectivity index (χ2v) is 7.68. The van der Waals surface area contributed by atoms with E-state index >= 15 is 0 Å². The molecule has 0 saturated heterocycles. The Morgan fingerprint density at radius 2 is 1.82 bits per heavy atom. The second kappa shape index (κ2) is 6.36. The quantitative estimate of drug-likeness (QED) is 0.876. The van der Waals surface area contributed by atoms with E-state index in [2.05, 4.69) is 0 Å². The van der Waals surface area contributed by atoms with Crippen molar-refractivity contribution >= 4 is 16.0 Å². The van der Waals surface area contributed by atoms with Crippen molar-refractivity contribution in [2.75, 3.05) is 7.05 Å². The van der Waals surface area contributed by atoms with Gasteiger partial charge in [0.25, 0.3) is 0 Å². The molecule has 0 unspecified atom stereocenters. The molecule has 7 heteroatoms. The van der Waals surface area contributed by atoms with Gasteiger partial charge in [0.2, 0.25) is 10.0 Å². The average Bonchev–Trinajstić information content (AvgIpc) is 2.47. The zero-order valence-corrected chi connectivity index (χ0v) is 13.5. The monoisotopic (exact) mass is 327 g/mol. The highest BCUT2D eigenvalue weighted by atomic mass is 32.2. The van der Waals surface area contributed by atoms with Crippen molar-refractivity contribution < 1.29 is 23.4 Å². The van der Waals surface area contributed by atoms with Crippen LogP contribution in [0.4, 0.5) is 0 Å². The molecule has 0 spiro atoms. The van der Waals surface area contributed by atoms with Crippen LogP contribution in [-0.2, 0) is 10.0 Å². The Bertz CT molecular complexity index is 663. The highest BCUT2D eigenvalue weighted by Gasteiger charge is 2.32. The van der Waals surface area contributed by atoms with Gasteiger partial charge in [0.15, 0.2) is 0 Å². The van der Waals surface area contributed by atoms with Gasteiger partial charge >= 0.3 is 5.97 Å². The Balaban J connectivity index is 2.34. The van der Waals surface area contributed by atoms with Crippen LogP contribution in [0.15, 0.2) is 23.1 Å². The summed E-state index contributed by atoms with van der Waals surface area (Å²) < 4.78 is 26.9. The molecule has 2 rings (SSSR count). The van der Waals surface area contributed by atoms with Gasteiger partial charge in [-0.2, -0.15) is 4.31 Å². The van der Waals surface area contributed by atoms with Crippen molar-refractivity contribution in [3.05, 3.63) is 29.3 Å². The third-order valence-corrected chi connectivity index (χ3v) is 6.41. The zero-order valence-electron chi connectivity index (χ0n) is 12.7. The summed E-state index contributed by atoms with van der Waals surface area (Å²) in [4.78, 5) is 11.2. The molecule has 0 radical (unpaired) electrons. The maximum atomic E-state index is 12.8. The molecule has 2 N–H and O–H groups in total. The minimum Gasteiger partial charge on any atom is -0.478 e. The Kier molecular flexibility index (Phi) is 4.89. The minimum atomic E-state index is -3.75. The lowest BCUT2D eigenvalue weighted by Gasteiger charge is -2.32. The molecule has 1 fully saturated rings. The highest BCUT2D eigenvalue weighted by Crippen LogP contribution is 2.28. The van der Waals surface area contributed by atoms with Gasteiger partial charge in [-0.3, -0.25) is 0 Å². The van der Waals surface area contributed by atoms with E-state index < -0.39 is 16.0 Å². The second-order valence-electron chi connectivity index (χ2n) is 5.72. The summed E-state index contributed by atoms with van der Waals surface area (Å²) in [7, 11) is -2.24. The fourth-order valence-electron chi connectivity index (χ4n) is 2.90. The number of carbonyl (C=O) groups is 1. The van der Waals surface area contributed by atoms with Crippen LogP contribution in [0.2, 0.25) is 0 Å². The third-order valence-electron chi connectivity index (χ3n) is 4.35. The van der Waals surface area contributed by atoms with E-state index in [1.54, 1.807) is 0 Å². The van der Waals surface area contributed by atoms with Crippen molar-refractivity contribution in [3.8, 4) is 0 Å². The molecule has 1 aliphatic rings. The molecular weight excluding hydrogens is 306 g/mol. The van der Waals surface area contributed by atoms with Crippen molar-refractivity contribution in [1.82, 2.24) is 4.31 Å². The molecule has 6 nitrogen and oxygen atoms in total. The van der Waals surface area contributed by atoms with E-state index in [0.29, 0.717) is 25.7 Å². The number of nitrogens with zero attached hydrogens (tertiary/aromatic N) is 1. The van der Waals surface area contributed by atoms with E-state index in [0.717, 1.165) is 0 Å². The summed E-state index contributed by atoms with van der Waals surface area (Å²) >= 11 is 0. The molecule has 22 heavy (non-hydrogen) atoms. The first-order chi connectivity index (χ1) is 10.2. The number of aromatic carboxylic acids is 1. The van der Waals surface area contributed by atoms with Crippen molar-refractivity contribution in [3.63, 3.8) is 0 Å². The predicted octanol–water partition coefficient (Wildman–Crippen LogP) is 1.62. The molecule has 0 heterocycles. The summed E-state index contributed by atoms with van der Waals surface area (Å²) in [6.45, 7) is 1.51. The van der Waals surface area contributed by atoms with Crippen LogP contribution in [0.1, 0.15) is 41.6 Å². The van der Waals surface area contributed by atoms with Gasteiger partial charge in [0.05, 0.1) is 16.6 Å². The predicted molar refractivity (Wildman–Crippen MR) is 81.3 cm³/mol. The van der Waals surface area contributed by atoms with Crippen LogP contribution in [0.25, 0.3) is 0 Å². The van der Waals surface area contributed by atoms with Gasteiger partial charge in [-0.25, -0.2) is 13.2 Å². The number of rotatable bonds is 4. The van der Waals surface area contributed by atoms with Crippen molar-refractivity contribution in [2.45, 2.75) is 49.6 Å². The number of carboxylic acids is 1. The third kappa shape index (κ3) is 3.16. The van der Waals surface area contributed by atoms with Gasteiger partial charge in [0, 0.05) is 13.1 Å². The standard InChI is InChI=1S/C15H21NO5S/c1-10-13(15(18)19)4-3-5-14(10)22(20,21)16(2)11-6-8-12(17)9-7-11/h3-5,11-12,17H,6-9H2,1-2H3,(H,18,19). The molecule has 0 amide bonds. The van der Waals surface area contributed by atoms with Crippen LogP contribution in [0.5, 0.6) is 0 Å². The molecule has 1 aromatic carbocycles. The molecule has 1 saturated carbocycles. The average molecular weight is 327 g/mol. The Labute approximate surface area is 130 Å². The Morgan fingerprint density at radius 3 is 2.36 bits per heavy atom. The maximum Gasteiger partial charge on any atom is 0.335 e. The lowest BCUT2D eigenvalue weighted by molar-refractivity contribution is 0.0695. The van der Waals surface area contributed by atoms with Crippen LogP contribution < -0.4 is 0 Å². The smallest absolute Gasteiger partial charge is 0.335 e. The Hall–Kier alpha value is -1.44. The van der Waals surface area contributed by atoms with Crippen LogP contribution >= 0.6 is 0 Å². The van der Waals surface area contributed by atoms with E-state index in [9.17, 15) is 18.3 Å². The lowest BCUT2D eigenvalue weighted by Crippen LogP contribution is -2.40. The van der Waals surface area contributed by atoms with Gasteiger partial charge in [-0.15, -0.1) is 0 Å². The number of aliphatic hydroxyl groups excluding tert-OH is 1. The van der Waals surface area contributed by atoms with E-state index in [4.69, 9.17) is 5.11 Å². The van der Waals surface area contributed by atoms with Gasteiger partial charge in [-0.1, -0.05) is 6.07 Å². The fourth-order valence-corrected chi connectivity index (χ4v) is 4.56. The summed E-state index contributed by atoms with van der Waals surface area (Å²) in [5, 5.41) is 18.7. The van der Waals surface area contributed by atoms with Crippen molar-refractivity contribution in [1.29, 1.82) is 0 Å². The SMILES string of the molecule is Cc1c(C(=O)O)cccc1S(=O)(=O)N(C)C1CCC(O)CC1. The number of carboxylic acid groups (broad SMARTS) is 1. The number of benzene rings is 1. The highest BCUT2D eigenvalue weighted by molar-refractivity contribution is 7.89. The van der Waals surface area contributed by atoms with Crippen LogP contribution in [-0.4, -0.2) is 48.1 Å². The largest absolute Gasteiger partial charge is 0.478 e. The molecule has 0 atom stereocenters. The summed E-state index contributed by atoms with van der Waals surface area (Å²) in [6, 6.07) is 4.11. The van der Waals surface area contributed by atoms with E-state index in [-0.39, 0.29) is 28.2 Å². The first-order valence-electron chi connectivity index (χ1n) is 7.24. The molecular formula is C15H21NO5S. The lowest BCUT2D eigenvalue weighted by atomic mass is 9.93. The normalized spacial score (nSPS) is 22.7. The number of hydrogen-bond acceptors (Lipinski definition) is 4. The number of sulfonamides is 1. The minimum absolute atomic E-state index is 0.00598. The van der Waals surface area contributed by atoms with Gasteiger partial charge in [-0.05, 0) is 50.3 Å². The van der Waals surface area contributed by atoms with Gasteiger partial charge in [0.1, 0.15) is 0 Å². The molecule has 0 aliphatic heterocycles. The van der Waals surface area contributed by atoms with E-state index in [1.807, 2.05) is 0 Å². The Morgan fingerprint density at radius 1 is 1.23 bits per heavy atom. The van der Waals surface area contributed by atoms with Crippen molar-refractivity contribution in [2.24, 2.45) is 0 Å². The first-order valence-corrected chi connectivity index (χ1v) is 8.68. The van der Waals surface area contributed by atoms with Crippen LogP contribution in [0.3, 0.4) is 0 Å². The molecule has 1 aromatic rings. The molecule has 0 bridgehead atoms. The summed E-state index contributed by atoms with van der Waals surface area (Å²) in [5.74, 6) is -1.14. The van der Waals surface area contributed by atoms with E-state index in [1.165, 1.54) is 36.5 Å². The molecule has 122 valence electrons.